The molecule has 3 rings (SSSR count). The van der Waals surface area contributed by atoms with Crippen LogP contribution < -0.4 is 0 Å². The Balaban J connectivity index is 1.87. The SMILES string of the molecule is N#Cc1cccc(CSc2ncnc3nc[nH]c23)c1F. The third-order valence-corrected chi connectivity index (χ3v) is 3.79. The van der Waals surface area contributed by atoms with E-state index in [-0.39, 0.29) is 5.56 Å². The van der Waals surface area contributed by atoms with Gasteiger partial charge in [0.05, 0.1) is 11.9 Å². The van der Waals surface area contributed by atoms with E-state index in [4.69, 9.17) is 5.26 Å². The molecule has 0 aliphatic rings. The van der Waals surface area contributed by atoms with Crippen molar-refractivity contribution in [3.05, 3.63) is 47.8 Å². The molecule has 0 spiro atoms. The molecule has 2 heterocycles. The van der Waals surface area contributed by atoms with Crippen molar-refractivity contribution in [1.29, 1.82) is 5.26 Å². The summed E-state index contributed by atoms with van der Waals surface area (Å²) in [5.41, 5.74) is 1.83. The monoisotopic (exact) mass is 285 g/mol. The van der Waals surface area contributed by atoms with Gasteiger partial charge in [-0.1, -0.05) is 23.9 Å². The number of nitriles is 1. The van der Waals surface area contributed by atoms with Crippen LogP contribution in [0.3, 0.4) is 0 Å². The zero-order valence-electron chi connectivity index (χ0n) is 10.2. The molecule has 0 amide bonds. The van der Waals surface area contributed by atoms with E-state index < -0.39 is 5.82 Å². The second-order valence-corrected chi connectivity index (χ2v) is 4.92. The van der Waals surface area contributed by atoms with Crippen LogP contribution in [-0.2, 0) is 5.75 Å². The molecular weight excluding hydrogens is 277 g/mol. The van der Waals surface area contributed by atoms with Gasteiger partial charge in [-0.2, -0.15) is 5.26 Å². The maximum Gasteiger partial charge on any atom is 0.181 e. The number of nitrogens with zero attached hydrogens (tertiary/aromatic N) is 4. The number of aromatic amines is 1. The summed E-state index contributed by atoms with van der Waals surface area (Å²) in [5, 5.41) is 9.51. The number of thioether (sulfide) groups is 1. The number of H-pyrrole nitrogens is 1. The predicted octanol–water partition coefficient (Wildman–Crippen LogP) is 2.66. The highest BCUT2D eigenvalue weighted by Gasteiger charge is 2.10. The van der Waals surface area contributed by atoms with Gasteiger partial charge in [-0.05, 0) is 11.6 Å². The Morgan fingerprint density at radius 3 is 3.05 bits per heavy atom. The minimum atomic E-state index is -0.475. The second-order valence-electron chi connectivity index (χ2n) is 3.96. The minimum absolute atomic E-state index is 0.0532. The number of rotatable bonds is 3. The molecule has 0 bridgehead atoms. The Hall–Kier alpha value is -2.46. The summed E-state index contributed by atoms with van der Waals surface area (Å²) in [4.78, 5) is 15.2. The first-order chi connectivity index (χ1) is 9.79. The van der Waals surface area contributed by atoms with Crippen LogP contribution in [0.5, 0.6) is 0 Å². The fourth-order valence-electron chi connectivity index (χ4n) is 1.78. The lowest BCUT2D eigenvalue weighted by atomic mass is 10.1. The lowest BCUT2D eigenvalue weighted by molar-refractivity contribution is 0.613. The number of fused-ring (bicyclic) bond motifs is 1. The normalized spacial score (nSPS) is 10.6. The molecule has 1 N–H and O–H groups in total. The van der Waals surface area contributed by atoms with Crippen LogP contribution in [0.25, 0.3) is 11.2 Å². The zero-order valence-corrected chi connectivity index (χ0v) is 11.0. The average Bonchev–Trinajstić information content (AvgIpc) is 2.95. The summed E-state index contributed by atoms with van der Waals surface area (Å²) in [6.07, 6.45) is 2.97. The Morgan fingerprint density at radius 1 is 1.30 bits per heavy atom. The van der Waals surface area contributed by atoms with Gasteiger partial charge in [-0.15, -0.1) is 0 Å². The summed E-state index contributed by atoms with van der Waals surface area (Å²) in [6.45, 7) is 0. The van der Waals surface area contributed by atoms with Crippen molar-refractivity contribution in [2.24, 2.45) is 0 Å². The molecule has 7 heteroatoms. The van der Waals surface area contributed by atoms with Gasteiger partial charge in [0.15, 0.2) is 5.65 Å². The quantitative estimate of drug-likeness (QED) is 0.591. The Bertz CT molecular complexity index is 808. The standard InChI is InChI=1S/C13H8FN5S/c14-10-8(4-15)2-1-3-9(10)5-20-13-11-12(17-6-16-11)18-7-19-13/h1-3,6-7H,5H2,(H,16,17,18,19). The molecule has 2 aromatic heterocycles. The van der Waals surface area contributed by atoms with E-state index in [9.17, 15) is 4.39 Å². The van der Waals surface area contributed by atoms with E-state index in [0.717, 1.165) is 5.52 Å². The first-order valence-corrected chi connectivity index (χ1v) is 6.72. The molecular formula is C13H8FN5S. The van der Waals surface area contributed by atoms with Gasteiger partial charge >= 0.3 is 0 Å². The van der Waals surface area contributed by atoms with Gasteiger partial charge in [-0.3, -0.25) is 0 Å². The van der Waals surface area contributed by atoms with Crippen LogP contribution in [0.4, 0.5) is 4.39 Å². The van der Waals surface area contributed by atoms with Crippen molar-refractivity contribution in [3.63, 3.8) is 0 Å². The number of aromatic nitrogens is 4. The molecule has 1 aromatic carbocycles. The molecule has 5 nitrogen and oxygen atoms in total. The minimum Gasteiger partial charge on any atom is -0.341 e. The lowest BCUT2D eigenvalue weighted by Crippen LogP contribution is -1.93. The van der Waals surface area contributed by atoms with Crippen LogP contribution in [0.1, 0.15) is 11.1 Å². The van der Waals surface area contributed by atoms with Gasteiger partial charge < -0.3 is 4.98 Å². The van der Waals surface area contributed by atoms with Crippen molar-refractivity contribution in [1.82, 2.24) is 19.9 Å². The van der Waals surface area contributed by atoms with Gasteiger partial charge in [0, 0.05) is 5.75 Å². The number of hydrogen-bond acceptors (Lipinski definition) is 5. The van der Waals surface area contributed by atoms with E-state index in [2.05, 4.69) is 19.9 Å². The smallest absolute Gasteiger partial charge is 0.181 e. The highest BCUT2D eigenvalue weighted by molar-refractivity contribution is 7.98. The summed E-state index contributed by atoms with van der Waals surface area (Å²) in [5.74, 6) is -0.0932. The first-order valence-electron chi connectivity index (χ1n) is 5.74. The fourth-order valence-corrected chi connectivity index (χ4v) is 2.71. The molecule has 0 fully saturated rings. The summed E-state index contributed by atoms with van der Waals surface area (Å²) < 4.78 is 13.9. The first kappa shape index (κ1) is 12.6. The van der Waals surface area contributed by atoms with Crippen molar-refractivity contribution >= 4 is 22.9 Å². The van der Waals surface area contributed by atoms with Crippen LogP contribution >= 0.6 is 11.8 Å². The van der Waals surface area contributed by atoms with Crippen molar-refractivity contribution < 1.29 is 4.39 Å². The molecule has 0 radical (unpaired) electrons. The van der Waals surface area contributed by atoms with Crippen LogP contribution in [0.15, 0.2) is 35.9 Å². The summed E-state index contributed by atoms with van der Waals surface area (Å²) in [7, 11) is 0. The van der Waals surface area contributed by atoms with Crippen molar-refractivity contribution in [2.75, 3.05) is 0 Å². The number of imidazole rings is 1. The zero-order chi connectivity index (χ0) is 13.9. The third-order valence-electron chi connectivity index (χ3n) is 2.75. The van der Waals surface area contributed by atoms with E-state index in [0.29, 0.717) is 22.0 Å². The Morgan fingerprint density at radius 2 is 2.20 bits per heavy atom. The van der Waals surface area contributed by atoms with Gasteiger partial charge in [0.1, 0.15) is 28.8 Å². The summed E-state index contributed by atoms with van der Waals surface area (Å²) in [6, 6.07) is 6.62. The van der Waals surface area contributed by atoms with Crippen molar-refractivity contribution in [3.8, 4) is 6.07 Å². The topological polar surface area (TPSA) is 78.2 Å². The van der Waals surface area contributed by atoms with Crippen LogP contribution in [0, 0.1) is 17.1 Å². The molecule has 98 valence electrons. The van der Waals surface area contributed by atoms with E-state index >= 15 is 0 Å². The largest absolute Gasteiger partial charge is 0.341 e. The molecule has 0 saturated carbocycles. The fraction of sp³-hybridized carbons (Fsp3) is 0.0769. The molecule has 0 saturated heterocycles. The molecule has 3 aromatic rings. The predicted molar refractivity (Wildman–Crippen MR) is 72.4 cm³/mol. The van der Waals surface area contributed by atoms with Gasteiger partial charge in [0.25, 0.3) is 0 Å². The molecule has 0 atom stereocenters. The average molecular weight is 285 g/mol. The van der Waals surface area contributed by atoms with Gasteiger partial charge in [-0.25, -0.2) is 19.3 Å². The Kier molecular flexibility index (Phi) is 3.31. The second kappa shape index (κ2) is 5.27. The maximum atomic E-state index is 13.9. The molecule has 0 unspecified atom stereocenters. The van der Waals surface area contributed by atoms with Gasteiger partial charge in [0.2, 0.25) is 0 Å². The van der Waals surface area contributed by atoms with E-state index in [1.807, 2.05) is 6.07 Å². The lowest BCUT2D eigenvalue weighted by Gasteiger charge is -2.04. The van der Waals surface area contributed by atoms with Crippen LogP contribution in [0.2, 0.25) is 0 Å². The molecule has 0 aliphatic heterocycles. The number of halogens is 1. The number of benzene rings is 1. The van der Waals surface area contributed by atoms with E-state index in [1.54, 1.807) is 18.5 Å². The molecule has 20 heavy (non-hydrogen) atoms. The van der Waals surface area contributed by atoms with Crippen molar-refractivity contribution in [2.45, 2.75) is 10.8 Å². The Labute approximate surface area is 117 Å². The number of nitrogens with one attached hydrogen (secondary N) is 1. The highest BCUT2D eigenvalue weighted by Crippen LogP contribution is 2.27. The number of hydrogen-bond donors (Lipinski definition) is 1. The van der Waals surface area contributed by atoms with Crippen LogP contribution in [-0.4, -0.2) is 19.9 Å². The highest BCUT2D eigenvalue weighted by atomic mass is 32.2. The van der Waals surface area contributed by atoms with E-state index in [1.165, 1.54) is 24.2 Å². The molecule has 0 aliphatic carbocycles. The third kappa shape index (κ3) is 2.21. The summed E-state index contributed by atoms with van der Waals surface area (Å²) >= 11 is 1.37. The maximum absolute atomic E-state index is 13.9.